The van der Waals surface area contributed by atoms with Gasteiger partial charge in [0.1, 0.15) is 11.5 Å². The molecule has 2 rings (SSSR count). The van der Waals surface area contributed by atoms with Crippen LogP contribution in [-0.2, 0) is 0 Å². The van der Waals surface area contributed by atoms with Crippen LogP contribution in [0.15, 0.2) is 42.5 Å². The Labute approximate surface area is 118 Å². The van der Waals surface area contributed by atoms with Gasteiger partial charge >= 0.3 is 0 Å². The van der Waals surface area contributed by atoms with E-state index in [2.05, 4.69) is 0 Å². The van der Waals surface area contributed by atoms with Crippen molar-refractivity contribution < 1.29 is 20.1 Å². The van der Waals surface area contributed by atoms with Crippen molar-refractivity contribution in [3.05, 3.63) is 62.7 Å². The topological polar surface area (TPSA) is 153 Å². The van der Waals surface area contributed by atoms with Gasteiger partial charge in [0.25, 0.3) is 11.4 Å². The van der Waals surface area contributed by atoms with E-state index in [4.69, 9.17) is 15.9 Å². The van der Waals surface area contributed by atoms with Crippen LogP contribution in [0.3, 0.4) is 0 Å². The monoisotopic (exact) mass is 293 g/mol. The van der Waals surface area contributed by atoms with Crippen molar-refractivity contribution in [2.75, 3.05) is 5.73 Å². The molecule has 0 aliphatic heterocycles. The summed E-state index contributed by atoms with van der Waals surface area (Å²) in [6.45, 7) is 0. The second kappa shape index (κ2) is 6.70. The number of rotatable bonds is 2. The number of aromatic hydroxyl groups is 2. The fourth-order valence-corrected chi connectivity index (χ4v) is 1.25. The van der Waals surface area contributed by atoms with Crippen molar-refractivity contribution in [3.8, 4) is 11.5 Å². The van der Waals surface area contributed by atoms with Gasteiger partial charge in [-0.3, -0.25) is 20.2 Å². The molecule has 0 amide bonds. The molecule has 0 radical (unpaired) electrons. The molecule has 0 aliphatic rings. The molecular formula is C12H11N3O6. The molecule has 0 unspecified atom stereocenters. The smallest absolute Gasteiger partial charge is 0.273 e. The maximum Gasteiger partial charge on any atom is 0.273 e. The molecule has 21 heavy (non-hydrogen) atoms. The maximum atomic E-state index is 10.1. The van der Waals surface area contributed by atoms with E-state index in [0.717, 1.165) is 12.1 Å². The van der Waals surface area contributed by atoms with Crippen LogP contribution in [0.5, 0.6) is 11.5 Å². The number of nitrogens with zero attached hydrogens (tertiary/aromatic N) is 2. The third-order valence-corrected chi connectivity index (χ3v) is 2.27. The van der Waals surface area contributed by atoms with Crippen molar-refractivity contribution in [1.29, 1.82) is 0 Å². The molecule has 0 bridgehead atoms. The standard InChI is InChI=1S/C6H6N2O3.C6H5NO3/c7-5-2-1-4(8(10)11)3-6(5)9;8-6-3-1-2-5(4-6)7(9)10/h1-3,9H,7H2;1-4,8H. The first-order valence-corrected chi connectivity index (χ1v) is 5.47. The number of phenolic OH excluding ortho intramolecular Hbond substituents is 2. The van der Waals surface area contributed by atoms with Gasteiger partial charge in [0, 0.05) is 12.1 Å². The van der Waals surface area contributed by atoms with Gasteiger partial charge in [-0.25, -0.2) is 0 Å². The van der Waals surface area contributed by atoms with Gasteiger partial charge in [-0.05, 0) is 12.1 Å². The average Bonchev–Trinajstić information content (AvgIpc) is 2.42. The molecule has 0 saturated carbocycles. The Balaban J connectivity index is 0.000000211. The maximum absolute atomic E-state index is 10.1. The van der Waals surface area contributed by atoms with Gasteiger partial charge in [-0.1, -0.05) is 6.07 Å². The SMILES string of the molecule is Nc1ccc([N+](=O)[O-])cc1O.O=[N+]([O-])c1cccc(O)c1. The third kappa shape index (κ3) is 4.67. The fraction of sp³-hybridized carbons (Fsp3) is 0. The summed E-state index contributed by atoms with van der Waals surface area (Å²) in [7, 11) is 0. The van der Waals surface area contributed by atoms with Crippen molar-refractivity contribution in [3.63, 3.8) is 0 Å². The Bertz CT molecular complexity index is 674. The van der Waals surface area contributed by atoms with Crippen molar-refractivity contribution in [1.82, 2.24) is 0 Å². The number of hydrogen-bond acceptors (Lipinski definition) is 7. The third-order valence-electron chi connectivity index (χ3n) is 2.27. The van der Waals surface area contributed by atoms with Crippen molar-refractivity contribution >= 4 is 17.1 Å². The number of non-ortho nitro benzene ring substituents is 2. The summed E-state index contributed by atoms with van der Waals surface area (Å²) in [4.78, 5) is 19.0. The largest absolute Gasteiger partial charge is 0.508 e. The molecule has 2 aromatic rings. The van der Waals surface area contributed by atoms with Crippen LogP contribution in [0.4, 0.5) is 17.1 Å². The van der Waals surface area contributed by atoms with E-state index in [1.54, 1.807) is 0 Å². The van der Waals surface area contributed by atoms with Crippen molar-refractivity contribution in [2.45, 2.75) is 0 Å². The molecule has 0 heterocycles. The Morgan fingerprint density at radius 1 is 0.905 bits per heavy atom. The van der Waals surface area contributed by atoms with Crippen LogP contribution < -0.4 is 5.73 Å². The molecule has 0 aromatic heterocycles. The molecule has 0 aliphatic carbocycles. The minimum Gasteiger partial charge on any atom is -0.508 e. The number of nitro benzene ring substituents is 2. The van der Waals surface area contributed by atoms with Crippen LogP contribution in [0.25, 0.3) is 0 Å². The van der Waals surface area contributed by atoms with Gasteiger partial charge < -0.3 is 15.9 Å². The number of nitrogens with two attached hydrogens (primary N) is 1. The summed E-state index contributed by atoms with van der Waals surface area (Å²) < 4.78 is 0. The summed E-state index contributed by atoms with van der Waals surface area (Å²) in [5.41, 5.74) is 5.08. The van der Waals surface area contributed by atoms with Gasteiger partial charge in [0.05, 0.1) is 27.7 Å². The van der Waals surface area contributed by atoms with Gasteiger partial charge in [-0.2, -0.15) is 0 Å². The first kappa shape index (κ1) is 15.7. The molecule has 0 spiro atoms. The highest BCUT2D eigenvalue weighted by molar-refractivity contribution is 5.56. The van der Waals surface area contributed by atoms with E-state index in [9.17, 15) is 20.2 Å². The van der Waals surface area contributed by atoms with Crippen LogP contribution in [0, 0.1) is 20.2 Å². The fourth-order valence-electron chi connectivity index (χ4n) is 1.25. The highest BCUT2D eigenvalue weighted by Gasteiger charge is 2.07. The summed E-state index contributed by atoms with van der Waals surface area (Å²) in [6, 6.07) is 8.75. The molecule has 0 saturated heterocycles. The Hall–Kier alpha value is -3.36. The van der Waals surface area contributed by atoms with E-state index >= 15 is 0 Å². The molecule has 0 fully saturated rings. The highest BCUT2D eigenvalue weighted by Crippen LogP contribution is 2.24. The number of benzene rings is 2. The Morgan fingerprint density at radius 2 is 1.48 bits per heavy atom. The highest BCUT2D eigenvalue weighted by atomic mass is 16.6. The van der Waals surface area contributed by atoms with Gasteiger partial charge in [0.2, 0.25) is 0 Å². The first-order valence-electron chi connectivity index (χ1n) is 5.47. The number of anilines is 1. The number of nitro groups is 2. The predicted octanol–water partition coefficient (Wildman–Crippen LogP) is 2.18. The zero-order chi connectivity index (χ0) is 16.0. The Morgan fingerprint density at radius 3 is 1.90 bits per heavy atom. The molecular weight excluding hydrogens is 282 g/mol. The van der Waals surface area contributed by atoms with E-state index in [-0.39, 0.29) is 28.6 Å². The number of hydrogen-bond donors (Lipinski definition) is 3. The summed E-state index contributed by atoms with van der Waals surface area (Å²) in [5, 5.41) is 37.8. The molecule has 110 valence electrons. The zero-order valence-electron chi connectivity index (χ0n) is 10.5. The minimum absolute atomic E-state index is 0.0887. The van der Waals surface area contributed by atoms with E-state index in [1.165, 1.54) is 30.3 Å². The number of nitrogen functional groups attached to an aromatic ring is 1. The van der Waals surface area contributed by atoms with E-state index in [0.29, 0.717) is 0 Å². The van der Waals surface area contributed by atoms with Crippen LogP contribution in [0.2, 0.25) is 0 Å². The van der Waals surface area contributed by atoms with E-state index in [1.807, 2.05) is 0 Å². The Kier molecular flexibility index (Phi) is 5.01. The lowest BCUT2D eigenvalue weighted by molar-refractivity contribution is -0.385. The summed E-state index contributed by atoms with van der Waals surface area (Å²) >= 11 is 0. The van der Waals surface area contributed by atoms with Crippen LogP contribution >= 0.6 is 0 Å². The lowest BCUT2D eigenvalue weighted by Gasteiger charge is -1.95. The predicted molar refractivity (Wildman–Crippen MR) is 73.9 cm³/mol. The number of phenols is 2. The van der Waals surface area contributed by atoms with Crippen molar-refractivity contribution in [2.24, 2.45) is 0 Å². The molecule has 4 N–H and O–H groups in total. The molecule has 9 nitrogen and oxygen atoms in total. The lowest BCUT2D eigenvalue weighted by Crippen LogP contribution is -1.89. The normalized spacial score (nSPS) is 9.33. The summed E-state index contributed by atoms with van der Waals surface area (Å²) in [6.07, 6.45) is 0. The second-order valence-electron chi connectivity index (χ2n) is 3.78. The van der Waals surface area contributed by atoms with Gasteiger partial charge in [-0.15, -0.1) is 0 Å². The molecule has 2 aromatic carbocycles. The van der Waals surface area contributed by atoms with Crippen LogP contribution in [-0.4, -0.2) is 20.1 Å². The van der Waals surface area contributed by atoms with Gasteiger partial charge in [0.15, 0.2) is 0 Å². The second-order valence-corrected chi connectivity index (χ2v) is 3.78. The first-order chi connectivity index (χ1) is 9.81. The molecule has 0 atom stereocenters. The summed E-state index contributed by atoms with van der Waals surface area (Å²) in [5.74, 6) is -0.353. The van der Waals surface area contributed by atoms with E-state index < -0.39 is 9.85 Å². The lowest BCUT2D eigenvalue weighted by atomic mass is 10.3. The average molecular weight is 293 g/mol. The zero-order valence-corrected chi connectivity index (χ0v) is 10.5. The quantitative estimate of drug-likeness (QED) is 0.332. The van der Waals surface area contributed by atoms with Crippen LogP contribution in [0.1, 0.15) is 0 Å². The minimum atomic E-state index is -0.598. The molecule has 9 heteroatoms.